The van der Waals surface area contributed by atoms with Crippen LogP contribution in [0.4, 0.5) is 0 Å². The maximum absolute atomic E-state index is 4.78. The van der Waals surface area contributed by atoms with Gasteiger partial charge in [-0.3, -0.25) is 0 Å². The van der Waals surface area contributed by atoms with E-state index < -0.39 is 0 Å². The van der Waals surface area contributed by atoms with E-state index in [1.54, 1.807) is 43.6 Å². The summed E-state index contributed by atoms with van der Waals surface area (Å²) in [5.74, 6) is 1.03. The molecule has 0 saturated heterocycles. The first-order valence-corrected chi connectivity index (χ1v) is 15.7. The highest BCUT2D eigenvalue weighted by atomic mass is 33.1. The van der Waals surface area contributed by atoms with E-state index in [1.807, 2.05) is 61.3 Å². The highest BCUT2D eigenvalue weighted by molar-refractivity contribution is 8.76. The minimum atomic E-state index is 0.0842. The molecule has 4 aromatic heterocycles. The average molecular weight is 599 g/mol. The Hall–Kier alpha value is -4.30. The zero-order valence-corrected chi connectivity index (χ0v) is 25.7. The van der Waals surface area contributed by atoms with Crippen molar-refractivity contribution in [2.75, 3.05) is 0 Å². The van der Waals surface area contributed by atoms with E-state index in [0.29, 0.717) is 11.6 Å². The Bertz CT molecular complexity index is 1710. The Kier molecular flexibility index (Phi) is 7.64. The SMILES string of the molecule is Cc1ccccc1-n1ncc(-c2nnn(C(C)C)n2)c1SSc1c(-c2nnn(C(C)C)n2)cnn1-c1ccccc1C. The van der Waals surface area contributed by atoms with Gasteiger partial charge in [0.1, 0.15) is 10.1 Å². The summed E-state index contributed by atoms with van der Waals surface area (Å²) in [5.41, 5.74) is 5.70. The van der Waals surface area contributed by atoms with Crippen LogP contribution in [-0.2, 0) is 0 Å². The molecule has 0 aliphatic carbocycles. The number of tetrazole rings is 2. The Morgan fingerprint density at radius 2 is 1.00 bits per heavy atom. The minimum absolute atomic E-state index is 0.0842. The van der Waals surface area contributed by atoms with Crippen LogP contribution in [0.1, 0.15) is 50.9 Å². The lowest BCUT2D eigenvalue weighted by atomic mass is 10.2. The molecule has 0 fully saturated rings. The number of aryl methyl sites for hydroxylation is 2. The van der Waals surface area contributed by atoms with Crippen LogP contribution in [0.3, 0.4) is 0 Å². The molecule has 0 aliphatic rings. The maximum Gasteiger partial charge on any atom is 0.209 e. The van der Waals surface area contributed by atoms with Crippen LogP contribution in [0, 0.1) is 13.8 Å². The largest absolute Gasteiger partial charge is 0.225 e. The standard InChI is InChI=1S/C28H30N12S2/c1-17(2)39-33-25(31-35-39)21-15-29-37(23-13-9-7-11-19(23)5)27(21)41-42-28-22(26-32-36-40(34-26)18(3)4)16-30-38(28)24-14-10-8-12-20(24)6/h7-18H,1-6H3. The fourth-order valence-corrected chi connectivity index (χ4v) is 6.76. The smallest absolute Gasteiger partial charge is 0.209 e. The second kappa shape index (κ2) is 11.5. The molecule has 6 rings (SSSR count). The third kappa shape index (κ3) is 5.23. The van der Waals surface area contributed by atoms with Gasteiger partial charge in [-0.1, -0.05) is 36.4 Å². The topological polar surface area (TPSA) is 123 Å². The second-order valence-electron chi connectivity index (χ2n) is 10.3. The number of aromatic nitrogens is 12. The van der Waals surface area contributed by atoms with Crippen molar-refractivity contribution < 1.29 is 0 Å². The molecule has 12 nitrogen and oxygen atoms in total. The summed E-state index contributed by atoms with van der Waals surface area (Å²) in [7, 11) is 3.09. The zero-order chi connectivity index (χ0) is 29.4. The lowest BCUT2D eigenvalue weighted by Crippen LogP contribution is -2.05. The van der Waals surface area contributed by atoms with Crippen LogP contribution in [0.25, 0.3) is 34.2 Å². The van der Waals surface area contributed by atoms with Crippen molar-refractivity contribution >= 4 is 21.6 Å². The van der Waals surface area contributed by atoms with Gasteiger partial charge < -0.3 is 0 Å². The lowest BCUT2D eigenvalue weighted by Gasteiger charge is -2.13. The molecule has 0 bridgehead atoms. The van der Waals surface area contributed by atoms with E-state index in [0.717, 1.165) is 43.7 Å². The van der Waals surface area contributed by atoms with Gasteiger partial charge in [-0.2, -0.15) is 19.8 Å². The predicted molar refractivity (Wildman–Crippen MR) is 163 cm³/mol. The number of para-hydroxylation sites is 2. The summed E-state index contributed by atoms with van der Waals surface area (Å²) < 4.78 is 3.86. The monoisotopic (exact) mass is 598 g/mol. The Morgan fingerprint density at radius 1 is 0.595 bits per heavy atom. The highest BCUT2D eigenvalue weighted by Crippen LogP contribution is 2.46. The van der Waals surface area contributed by atoms with Crippen LogP contribution < -0.4 is 0 Å². The zero-order valence-electron chi connectivity index (χ0n) is 24.1. The van der Waals surface area contributed by atoms with Gasteiger partial charge in [-0.25, -0.2) is 9.36 Å². The molecule has 14 heteroatoms. The molecule has 0 atom stereocenters. The fourth-order valence-electron chi connectivity index (χ4n) is 4.27. The van der Waals surface area contributed by atoms with Crippen LogP contribution in [0.5, 0.6) is 0 Å². The summed E-state index contributed by atoms with van der Waals surface area (Å²) in [6.45, 7) is 12.2. The van der Waals surface area contributed by atoms with E-state index >= 15 is 0 Å². The van der Waals surface area contributed by atoms with Crippen LogP contribution in [0.15, 0.2) is 71.0 Å². The molecule has 2 aromatic carbocycles. The second-order valence-corrected chi connectivity index (χ2v) is 12.5. The van der Waals surface area contributed by atoms with Crippen LogP contribution >= 0.6 is 21.6 Å². The van der Waals surface area contributed by atoms with E-state index in [9.17, 15) is 0 Å². The number of benzene rings is 2. The predicted octanol–water partition coefficient (Wildman–Crippen LogP) is 5.94. The lowest BCUT2D eigenvalue weighted by molar-refractivity contribution is 0.455. The van der Waals surface area contributed by atoms with E-state index in [1.165, 1.54) is 0 Å². The van der Waals surface area contributed by atoms with Crippen molar-refractivity contribution in [3.05, 3.63) is 72.1 Å². The van der Waals surface area contributed by atoms with Gasteiger partial charge in [-0.05, 0) is 96.8 Å². The first-order valence-electron chi connectivity index (χ1n) is 13.5. The summed E-state index contributed by atoms with van der Waals surface area (Å²) >= 11 is 0. The van der Waals surface area contributed by atoms with E-state index in [-0.39, 0.29) is 12.1 Å². The molecule has 0 aliphatic heterocycles. The first kappa shape index (κ1) is 27.8. The van der Waals surface area contributed by atoms with Gasteiger partial charge in [-0.15, -0.1) is 20.4 Å². The minimum Gasteiger partial charge on any atom is -0.225 e. The molecule has 0 radical (unpaired) electrons. The van der Waals surface area contributed by atoms with Crippen molar-refractivity contribution in [3.8, 4) is 34.2 Å². The molecule has 214 valence electrons. The third-order valence-corrected chi connectivity index (χ3v) is 8.98. The molecule has 0 unspecified atom stereocenters. The number of hydrogen-bond donors (Lipinski definition) is 0. The van der Waals surface area contributed by atoms with Crippen molar-refractivity contribution in [3.63, 3.8) is 0 Å². The molecular weight excluding hydrogens is 569 g/mol. The molecule has 0 spiro atoms. The Morgan fingerprint density at radius 3 is 1.36 bits per heavy atom. The van der Waals surface area contributed by atoms with Gasteiger partial charge >= 0.3 is 0 Å². The van der Waals surface area contributed by atoms with Crippen molar-refractivity contribution in [1.29, 1.82) is 0 Å². The first-order chi connectivity index (χ1) is 20.3. The van der Waals surface area contributed by atoms with E-state index in [2.05, 4.69) is 68.9 Å². The number of rotatable bonds is 9. The number of hydrogen-bond acceptors (Lipinski definition) is 10. The molecule has 4 heterocycles. The molecule has 6 aromatic rings. The normalized spacial score (nSPS) is 11.7. The van der Waals surface area contributed by atoms with Gasteiger partial charge in [0.05, 0.1) is 47.0 Å². The quantitative estimate of drug-likeness (QED) is 0.185. The molecule has 0 amide bonds. The van der Waals surface area contributed by atoms with Crippen molar-refractivity contribution in [2.45, 2.75) is 63.7 Å². The molecule has 42 heavy (non-hydrogen) atoms. The summed E-state index contributed by atoms with van der Waals surface area (Å²) in [5, 5.41) is 37.8. The molecular formula is C28H30N12S2. The highest BCUT2D eigenvalue weighted by Gasteiger charge is 2.25. The fraction of sp³-hybridized carbons (Fsp3) is 0.286. The Balaban J connectivity index is 1.47. The van der Waals surface area contributed by atoms with Gasteiger partial charge in [0.15, 0.2) is 0 Å². The summed E-state index contributed by atoms with van der Waals surface area (Å²) in [6, 6.07) is 16.5. The Labute approximate surface area is 250 Å². The average Bonchev–Trinajstić information content (AvgIpc) is 3.78. The van der Waals surface area contributed by atoms with Gasteiger partial charge in [0.2, 0.25) is 11.6 Å². The van der Waals surface area contributed by atoms with Crippen molar-refractivity contribution in [1.82, 2.24) is 60.0 Å². The third-order valence-electron chi connectivity index (χ3n) is 6.60. The van der Waals surface area contributed by atoms with Crippen LogP contribution in [0.2, 0.25) is 0 Å². The summed E-state index contributed by atoms with van der Waals surface area (Å²) in [4.78, 5) is 3.22. The van der Waals surface area contributed by atoms with Crippen molar-refractivity contribution in [2.24, 2.45) is 0 Å². The number of nitrogens with zero attached hydrogens (tertiary/aromatic N) is 12. The van der Waals surface area contributed by atoms with Crippen LogP contribution in [-0.4, -0.2) is 60.0 Å². The van der Waals surface area contributed by atoms with Gasteiger partial charge in [0.25, 0.3) is 0 Å². The summed E-state index contributed by atoms with van der Waals surface area (Å²) in [6.07, 6.45) is 3.60. The van der Waals surface area contributed by atoms with E-state index in [4.69, 9.17) is 10.2 Å². The molecule has 0 saturated carbocycles. The maximum atomic E-state index is 4.78. The van der Waals surface area contributed by atoms with Gasteiger partial charge in [0, 0.05) is 0 Å². The molecule has 0 N–H and O–H groups in total.